The second-order valence-corrected chi connectivity index (χ2v) is 3.68. The Labute approximate surface area is 78.2 Å². The molecular weight excluding hydrogens is 164 g/mol. The van der Waals surface area contributed by atoms with Crippen molar-refractivity contribution in [3.05, 3.63) is 35.4 Å². The molecule has 0 aliphatic carbocycles. The van der Waals surface area contributed by atoms with Crippen molar-refractivity contribution in [2.24, 2.45) is 0 Å². The molecule has 1 saturated heterocycles. The summed E-state index contributed by atoms with van der Waals surface area (Å²) in [5.74, 6) is 0. The van der Waals surface area contributed by atoms with Gasteiger partial charge in [0.05, 0.1) is 6.10 Å². The number of aliphatic hydroxyl groups is 1. The lowest BCUT2D eigenvalue weighted by atomic mass is 10.1. The van der Waals surface area contributed by atoms with E-state index >= 15 is 0 Å². The molecule has 70 valence electrons. The number of aryl methyl sites for hydroxylation is 1. The van der Waals surface area contributed by atoms with Gasteiger partial charge in [-0.05, 0) is 19.4 Å². The summed E-state index contributed by atoms with van der Waals surface area (Å²) in [6, 6.07) is 8.22. The summed E-state index contributed by atoms with van der Waals surface area (Å²) < 4.78 is 5.37. The standard InChI is InChI=1S/C11H14O2/c1-7-4-3-5-9(6-7)11-10(13-11)8(2)12/h3-6,8,10-12H,1-2H3/t8-,10-,11-/m0/s1. The molecule has 3 atom stereocenters. The molecule has 0 bridgehead atoms. The SMILES string of the molecule is Cc1cccc([C@@H]2O[C@H]2[C@H](C)O)c1. The molecule has 0 saturated carbocycles. The highest BCUT2D eigenvalue weighted by molar-refractivity contribution is 5.27. The van der Waals surface area contributed by atoms with E-state index in [0.29, 0.717) is 0 Å². The van der Waals surface area contributed by atoms with Gasteiger partial charge in [0.1, 0.15) is 12.2 Å². The van der Waals surface area contributed by atoms with Crippen molar-refractivity contribution < 1.29 is 9.84 Å². The van der Waals surface area contributed by atoms with Gasteiger partial charge in [0, 0.05) is 0 Å². The largest absolute Gasteiger partial charge is 0.391 e. The molecule has 0 amide bonds. The van der Waals surface area contributed by atoms with Crippen LogP contribution in [0.1, 0.15) is 24.2 Å². The lowest BCUT2D eigenvalue weighted by Gasteiger charge is -1.99. The fourth-order valence-electron chi connectivity index (χ4n) is 1.61. The maximum Gasteiger partial charge on any atom is 0.114 e. The second kappa shape index (κ2) is 3.13. The van der Waals surface area contributed by atoms with Gasteiger partial charge in [-0.25, -0.2) is 0 Å². The van der Waals surface area contributed by atoms with E-state index in [-0.39, 0.29) is 18.3 Å². The maximum absolute atomic E-state index is 9.27. The highest BCUT2D eigenvalue weighted by Gasteiger charge is 2.43. The first kappa shape index (κ1) is 8.73. The molecule has 2 nitrogen and oxygen atoms in total. The maximum atomic E-state index is 9.27. The van der Waals surface area contributed by atoms with E-state index < -0.39 is 0 Å². The molecule has 1 aliphatic rings. The molecule has 0 unspecified atom stereocenters. The lowest BCUT2D eigenvalue weighted by Crippen LogP contribution is -2.09. The fourth-order valence-corrected chi connectivity index (χ4v) is 1.61. The Morgan fingerprint density at radius 1 is 1.46 bits per heavy atom. The average molecular weight is 178 g/mol. The van der Waals surface area contributed by atoms with Crippen LogP contribution in [-0.2, 0) is 4.74 Å². The van der Waals surface area contributed by atoms with Crippen LogP contribution in [0, 0.1) is 6.92 Å². The molecular formula is C11H14O2. The zero-order valence-electron chi connectivity index (χ0n) is 7.90. The normalized spacial score (nSPS) is 28.5. The Morgan fingerprint density at radius 2 is 2.23 bits per heavy atom. The Morgan fingerprint density at radius 3 is 2.77 bits per heavy atom. The molecule has 2 heteroatoms. The van der Waals surface area contributed by atoms with Crippen LogP contribution in [0.4, 0.5) is 0 Å². The molecule has 1 N–H and O–H groups in total. The minimum atomic E-state index is -0.370. The smallest absolute Gasteiger partial charge is 0.114 e. The summed E-state index contributed by atoms with van der Waals surface area (Å²) in [6.07, 6.45) is -0.257. The Bertz CT molecular complexity index is 307. The Kier molecular flexibility index (Phi) is 2.10. The Balaban J connectivity index is 2.12. The Hall–Kier alpha value is -0.860. The van der Waals surface area contributed by atoms with E-state index in [1.807, 2.05) is 12.1 Å². The summed E-state index contributed by atoms with van der Waals surface area (Å²) in [5, 5.41) is 9.27. The van der Waals surface area contributed by atoms with Gasteiger partial charge in [-0.3, -0.25) is 0 Å². The zero-order valence-corrected chi connectivity index (χ0v) is 7.90. The van der Waals surface area contributed by atoms with Crippen LogP contribution in [0.25, 0.3) is 0 Å². The first-order valence-electron chi connectivity index (χ1n) is 4.58. The molecule has 0 aromatic heterocycles. The van der Waals surface area contributed by atoms with Gasteiger partial charge >= 0.3 is 0 Å². The third-order valence-corrected chi connectivity index (χ3v) is 2.37. The van der Waals surface area contributed by atoms with Gasteiger partial charge in [0.15, 0.2) is 0 Å². The quantitative estimate of drug-likeness (QED) is 0.700. The van der Waals surface area contributed by atoms with Gasteiger partial charge in [-0.1, -0.05) is 29.8 Å². The molecule has 1 aromatic rings. The van der Waals surface area contributed by atoms with E-state index in [1.54, 1.807) is 6.92 Å². The molecule has 1 aromatic carbocycles. The summed E-state index contributed by atoms with van der Waals surface area (Å²) in [5.41, 5.74) is 2.41. The van der Waals surface area contributed by atoms with Gasteiger partial charge < -0.3 is 9.84 Å². The molecule has 0 spiro atoms. The van der Waals surface area contributed by atoms with E-state index in [0.717, 1.165) is 0 Å². The molecule has 0 radical (unpaired) electrons. The van der Waals surface area contributed by atoms with Gasteiger partial charge in [-0.15, -0.1) is 0 Å². The number of benzene rings is 1. The van der Waals surface area contributed by atoms with Crippen molar-refractivity contribution in [1.29, 1.82) is 0 Å². The minimum Gasteiger partial charge on any atom is -0.391 e. The molecule has 2 rings (SSSR count). The predicted molar refractivity (Wildman–Crippen MR) is 50.5 cm³/mol. The van der Waals surface area contributed by atoms with Crippen molar-refractivity contribution in [3.63, 3.8) is 0 Å². The van der Waals surface area contributed by atoms with E-state index in [1.165, 1.54) is 11.1 Å². The van der Waals surface area contributed by atoms with Crippen LogP contribution in [0.5, 0.6) is 0 Å². The number of hydrogen-bond acceptors (Lipinski definition) is 2. The number of aliphatic hydroxyl groups excluding tert-OH is 1. The van der Waals surface area contributed by atoms with Crippen LogP contribution < -0.4 is 0 Å². The summed E-state index contributed by atoms with van der Waals surface area (Å²) in [7, 11) is 0. The number of ether oxygens (including phenoxy) is 1. The number of hydrogen-bond donors (Lipinski definition) is 1. The summed E-state index contributed by atoms with van der Waals surface area (Å²) in [6.45, 7) is 3.82. The second-order valence-electron chi connectivity index (χ2n) is 3.68. The van der Waals surface area contributed by atoms with E-state index in [4.69, 9.17) is 4.74 Å². The predicted octanol–water partition coefficient (Wildman–Crippen LogP) is 1.82. The minimum absolute atomic E-state index is 0.00167. The van der Waals surface area contributed by atoms with Crippen molar-refractivity contribution in [1.82, 2.24) is 0 Å². The lowest BCUT2D eigenvalue weighted by molar-refractivity contribution is 0.152. The summed E-state index contributed by atoms with van der Waals surface area (Å²) in [4.78, 5) is 0. The van der Waals surface area contributed by atoms with Crippen LogP contribution in [0.3, 0.4) is 0 Å². The third-order valence-electron chi connectivity index (χ3n) is 2.37. The van der Waals surface area contributed by atoms with E-state index in [2.05, 4.69) is 19.1 Å². The van der Waals surface area contributed by atoms with Crippen LogP contribution in [-0.4, -0.2) is 17.3 Å². The summed E-state index contributed by atoms with van der Waals surface area (Å²) >= 11 is 0. The average Bonchev–Trinajstić information content (AvgIpc) is 2.82. The van der Waals surface area contributed by atoms with Crippen molar-refractivity contribution in [2.45, 2.75) is 32.2 Å². The van der Waals surface area contributed by atoms with Gasteiger partial charge in [0.2, 0.25) is 0 Å². The van der Waals surface area contributed by atoms with Crippen LogP contribution >= 0.6 is 0 Å². The van der Waals surface area contributed by atoms with Crippen LogP contribution in [0.2, 0.25) is 0 Å². The monoisotopic (exact) mass is 178 g/mol. The topological polar surface area (TPSA) is 32.8 Å². The third kappa shape index (κ3) is 1.74. The van der Waals surface area contributed by atoms with Crippen molar-refractivity contribution in [2.75, 3.05) is 0 Å². The molecule has 1 fully saturated rings. The number of epoxide rings is 1. The highest BCUT2D eigenvalue weighted by atomic mass is 16.6. The highest BCUT2D eigenvalue weighted by Crippen LogP contribution is 2.40. The first-order chi connectivity index (χ1) is 6.18. The fraction of sp³-hybridized carbons (Fsp3) is 0.455. The first-order valence-corrected chi connectivity index (χ1v) is 4.58. The van der Waals surface area contributed by atoms with E-state index in [9.17, 15) is 5.11 Å². The number of rotatable bonds is 2. The zero-order chi connectivity index (χ0) is 9.42. The molecule has 13 heavy (non-hydrogen) atoms. The van der Waals surface area contributed by atoms with Crippen molar-refractivity contribution >= 4 is 0 Å². The van der Waals surface area contributed by atoms with Gasteiger partial charge in [-0.2, -0.15) is 0 Å². The molecule has 1 aliphatic heterocycles. The molecule has 1 heterocycles. The van der Waals surface area contributed by atoms with Crippen LogP contribution in [0.15, 0.2) is 24.3 Å². The van der Waals surface area contributed by atoms with Gasteiger partial charge in [0.25, 0.3) is 0 Å². The van der Waals surface area contributed by atoms with Crippen molar-refractivity contribution in [3.8, 4) is 0 Å².